The summed E-state index contributed by atoms with van der Waals surface area (Å²) in [5, 5.41) is 30.6. The molecule has 0 aromatic carbocycles. The lowest BCUT2D eigenvalue weighted by molar-refractivity contribution is -0.138. The van der Waals surface area contributed by atoms with Crippen LogP contribution in [-0.4, -0.2) is 42.4 Å². The van der Waals surface area contributed by atoms with E-state index in [1.807, 2.05) is 11.4 Å². The second kappa shape index (κ2) is 10.3. The second-order valence-corrected chi connectivity index (χ2v) is 7.89. The van der Waals surface area contributed by atoms with Crippen LogP contribution in [0.15, 0.2) is 16.6 Å². The summed E-state index contributed by atoms with van der Waals surface area (Å²) in [4.78, 5) is 23.7. The highest BCUT2D eigenvalue weighted by Crippen LogP contribution is 2.38. The fourth-order valence-corrected chi connectivity index (χ4v) is 4.54. The third-order valence-electron chi connectivity index (χ3n) is 3.80. The number of carboxylic acids is 2. The SMILES string of the molecule is CCCCCCCc1sccc1C(Sc1nnnn1CC(=O)O)C(=O)O. The first-order valence-electron chi connectivity index (χ1n) is 8.46. The van der Waals surface area contributed by atoms with Crippen LogP contribution >= 0.6 is 23.1 Å². The number of unbranched alkanes of at least 4 members (excludes halogenated alkanes) is 4. The molecule has 10 heteroatoms. The Morgan fingerprint density at radius 2 is 2.04 bits per heavy atom. The molecule has 0 spiro atoms. The third kappa shape index (κ3) is 5.80. The molecule has 2 heterocycles. The van der Waals surface area contributed by atoms with E-state index >= 15 is 0 Å². The van der Waals surface area contributed by atoms with Gasteiger partial charge in [-0.2, -0.15) is 0 Å². The van der Waals surface area contributed by atoms with Gasteiger partial charge in [-0.15, -0.1) is 16.4 Å². The van der Waals surface area contributed by atoms with Gasteiger partial charge < -0.3 is 10.2 Å². The predicted octanol–water partition coefficient (Wildman–Crippen LogP) is 3.25. The van der Waals surface area contributed by atoms with Gasteiger partial charge in [0.15, 0.2) is 0 Å². The summed E-state index contributed by atoms with van der Waals surface area (Å²) in [6, 6.07) is 1.82. The van der Waals surface area contributed by atoms with Gasteiger partial charge in [-0.25, -0.2) is 4.68 Å². The van der Waals surface area contributed by atoms with Gasteiger partial charge in [0.1, 0.15) is 11.8 Å². The Hall–Kier alpha value is -1.94. The standard InChI is InChI=1S/C16H22N4O4S2/c1-2-3-4-5-6-7-12-11(8-9-25-12)14(15(23)24)26-16-17-18-19-20(16)10-13(21)22/h8-9,14H,2-7,10H2,1H3,(H,21,22)(H,23,24). The number of rotatable bonds is 12. The van der Waals surface area contributed by atoms with Gasteiger partial charge in [0, 0.05) is 4.88 Å². The first kappa shape index (κ1) is 20.4. The van der Waals surface area contributed by atoms with Crippen LogP contribution in [0.4, 0.5) is 0 Å². The minimum Gasteiger partial charge on any atom is -0.480 e. The molecule has 2 rings (SSSR count). The zero-order valence-electron chi connectivity index (χ0n) is 14.5. The van der Waals surface area contributed by atoms with Crippen LogP contribution in [0, 0.1) is 0 Å². The van der Waals surface area contributed by atoms with E-state index < -0.39 is 23.7 Å². The van der Waals surface area contributed by atoms with Gasteiger partial charge in [0.2, 0.25) is 5.16 Å². The van der Waals surface area contributed by atoms with E-state index in [1.165, 1.54) is 19.3 Å². The van der Waals surface area contributed by atoms with E-state index in [1.54, 1.807) is 11.3 Å². The fourth-order valence-electron chi connectivity index (χ4n) is 2.54. The van der Waals surface area contributed by atoms with Gasteiger partial charge >= 0.3 is 11.9 Å². The van der Waals surface area contributed by atoms with Crippen LogP contribution in [-0.2, 0) is 22.6 Å². The van der Waals surface area contributed by atoms with Crippen LogP contribution in [0.25, 0.3) is 0 Å². The number of hydrogen-bond acceptors (Lipinski definition) is 7. The molecule has 0 aliphatic heterocycles. The highest BCUT2D eigenvalue weighted by atomic mass is 32.2. The van der Waals surface area contributed by atoms with Crippen LogP contribution in [0.3, 0.4) is 0 Å². The third-order valence-corrected chi connectivity index (χ3v) is 5.99. The number of aromatic nitrogens is 4. The van der Waals surface area contributed by atoms with Crippen molar-refractivity contribution in [2.75, 3.05) is 0 Å². The Kier molecular flexibility index (Phi) is 8.05. The largest absolute Gasteiger partial charge is 0.480 e. The lowest BCUT2D eigenvalue weighted by atomic mass is 10.1. The molecule has 0 amide bonds. The molecule has 1 unspecified atom stereocenters. The Bertz CT molecular complexity index is 731. The summed E-state index contributed by atoms with van der Waals surface area (Å²) in [7, 11) is 0. The Morgan fingerprint density at radius 1 is 1.27 bits per heavy atom. The summed E-state index contributed by atoms with van der Waals surface area (Å²) in [5.74, 6) is -2.08. The second-order valence-electron chi connectivity index (χ2n) is 5.81. The van der Waals surface area contributed by atoms with Gasteiger partial charge in [-0.1, -0.05) is 44.4 Å². The number of aliphatic carboxylic acids is 2. The van der Waals surface area contributed by atoms with E-state index in [9.17, 15) is 14.7 Å². The van der Waals surface area contributed by atoms with Crippen molar-refractivity contribution in [3.63, 3.8) is 0 Å². The summed E-state index contributed by atoms with van der Waals surface area (Å²) in [6.07, 6.45) is 6.61. The van der Waals surface area contributed by atoms with Gasteiger partial charge in [-0.05, 0) is 40.3 Å². The number of carbonyl (C=O) groups is 2. The number of tetrazole rings is 1. The van der Waals surface area contributed by atoms with E-state index in [2.05, 4.69) is 22.4 Å². The molecule has 26 heavy (non-hydrogen) atoms. The quantitative estimate of drug-likeness (QED) is 0.413. The molecule has 0 radical (unpaired) electrons. The first-order chi connectivity index (χ1) is 12.5. The number of carboxylic acid groups (broad SMARTS) is 2. The molecular weight excluding hydrogens is 376 g/mol. The molecular formula is C16H22N4O4S2. The van der Waals surface area contributed by atoms with E-state index in [0.29, 0.717) is 0 Å². The predicted molar refractivity (Wildman–Crippen MR) is 98.5 cm³/mol. The molecule has 142 valence electrons. The Balaban J connectivity index is 2.09. The van der Waals surface area contributed by atoms with Gasteiger partial charge in [0.05, 0.1) is 0 Å². The van der Waals surface area contributed by atoms with Crippen molar-refractivity contribution >= 4 is 35.0 Å². The fraction of sp³-hybridized carbons (Fsp3) is 0.562. The van der Waals surface area contributed by atoms with Crippen LogP contribution in [0.1, 0.15) is 54.7 Å². The van der Waals surface area contributed by atoms with E-state index in [0.717, 1.165) is 46.1 Å². The molecule has 0 bridgehead atoms. The van der Waals surface area contributed by atoms with Crippen molar-refractivity contribution < 1.29 is 19.8 Å². The molecule has 1 atom stereocenters. The van der Waals surface area contributed by atoms with Crippen LogP contribution in [0.2, 0.25) is 0 Å². The summed E-state index contributed by atoms with van der Waals surface area (Å²) >= 11 is 2.52. The average Bonchev–Trinajstić information content (AvgIpc) is 3.21. The van der Waals surface area contributed by atoms with E-state index in [-0.39, 0.29) is 5.16 Å². The molecule has 0 fully saturated rings. The number of hydrogen-bond donors (Lipinski definition) is 2. The van der Waals surface area contributed by atoms with Crippen LogP contribution in [0.5, 0.6) is 0 Å². The summed E-state index contributed by atoms with van der Waals surface area (Å²) in [5.41, 5.74) is 0.743. The number of thiophene rings is 1. The van der Waals surface area contributed by atoms with Crippen molar-refractivity contribution in [2.45, 2.75) is 62.4 Å². The highest BCUT2D eigenvalue weighted by molar-refractivity contribution is 8.00. The summed E-state index contributed by atoms with van der Waals surface area (Å²) in [6.45, 7) is 1.76. The smallest absolute Gasteiger partial charge is 0.325 e. The minimum absolute atomic E-state index is 0.180. The molecule has 2 aromatic rings. The van der Waals surface area contributed by atoms with E-state index in [4.69, 9.17) is 5.11 Å². The molecule has 2 N–H and O–H groups in total. The topological polar surface area (TPSA) is 118 Å². The van der Waals surface area contributed by atoms with Crippen molar-refractivity contribution in [1.82, 2.24) is 20.2 Å². The zero-order valence-corrected chi connectivity index (χ0v) is 16.1. The Morgan fingerprint density at radius 3 is 2.73 bits per heavy atom. The molecule has 8 nitrogen and oxygen atoms in total. The van der Waals surface area contributed by atoms with Gasteiger partial charge in [-0.3, -0.25) is 9.59 Å². The minimum atomic E-state index is -1.09. The maximum Gasteiger partial charge on any atom is 0.325 e. The van der Waals surface area contributed by atoms with Crippen molar-refractivity contribution in [3.8, 4) is 0 Å². The van der Waals surface area contributed by atoms with Gasteiger partial charge in [0.25, 0.3) is 0 Å². The summed E-state index contributed by atoms with van der Waals surface area (Å²) < 4.78 is 1.10. The molecule has 2 aromatic heterocycles. The molecule has 0 saturated carbocycles. The van der Waals surface area contributed by atoms with Crippen molar-refractivity contribution in [3.05, 3.63) is 21.9 Å². The molecule has 0 saturated heterocycles. The highest BCUT2D eigenvalue weighted by Gasteiger charge is 2.27. The number of aryl methyl sites for hydroxylation is 1. The average molecular weight is 399 g/mol. The number of thioether (sulfide) groups is 1. The lowest BCUT2D eigenvalue weighted by Crippen LogP contribution is -2.14. The number of nitrogens with zero attached hydrogens (tertiary/aromatic N) is 4. The Labute approximate surface area is 159 Å². The first-order valence-corrected chi connectivity index (χ1v) is 10.2. The van der Waals surface area contributed by atoms with Crippen molar-refractivity contribution in [1.29, 1.82) is 0 Å². The molecule has 0 aliphatic carbocycles. The maximum atomic E-state index is 11.8. The van der Waals surface area contributed by atoms with Crippen LogP contribution < -0.4 is 0 Å². The normalized spacial score (nSPS) is 12.2. The zero-order chi connectivity index (χ0) is 18.9. The van der Waals surface area contributed by atoms with Crippen molar-refractivity contribution in [2.24, 2.45) is 0 Å². The monoisotopic (exact) mass is 398 g/mol. The maximum absolute atomic E-state index is 11.8. The molecule has 0 aliphatic rings. The lowest BCUT2D eigenvalue weighted by Gasteiger charge is -2.12.